The van der Waals surface area contributed by atoms with E-state index in [4.69, 9.17) is 4.74 Å². The van der Waals surface area contributed by atoms with E-state index >= 15 is 0 Å². The van der Waals surface area contributed by atoms with Crippen LogP contribution in [0.4, 0.5) is 0 Å². The van der Waals surface area contributed by atoms with Gasteiger partial charge in [-0.3, -0.25) is 14.4 Å². The molecule has 3 N–H and O–H groups in total. The summed E-state index contributed by atoms with van der Waals surface area (Å²) < 4.78 is 5.56. The van der Waals surface area contributed by atoms with Crippen LogP contribution in [0.15, 0.2) is 24.3 Å². The molecule has 7 nitrogen and oxygen atoms in total. The molecule has 0 spiro atoms. The van der Waals surface area contributed by atoms with Crippen molar-refractivity contribution in [1.82, 2.24) is 16.0 Å². The average molecular weight is 404 g/mol. The zero-order chi connectivity index (χ0) is 20.9. The van der Waals surface area contributed by atoms with Gasteiger partial charge in [0.15, 0.2) is 0 Å². The Morgan fingerprint density at radius 2 is 1.66 bits per heavy atom. The molecule has 0 bridgehead atoms. The van der Waals surface area contributed by atoms with Crippen molar-refractivity contribution < 1.29 is 19.1 Å². The first-order valence-corrected chi connectivity index (χ1v) is 10.7. The molecular formula is C22H33N3O4. The van der Waals surface area contributed by atoms with Crippen LogP contribution < -0.4 is 20.7 Å². The van der Waals surface area contributed by atoms with Crippen molar-refractivity contribution in [2.75, 3.05) is 26.2 Å². The third kappa shape index (κ3) is 8.54. The maximum atomic E-state index is 12.1. The Balaban J connectivity index is 1.59. The lowest BCUT2D eigenvalue weighted by Crippen LogP contribution is -2.41. The van der Waals surface area contributed by atoms with Crippen LogP contribution in [0, 0.1) is 5.92 Å². The highest BCUT2D eigenvalue weighted by atomic mass is 16.5. The number of carbonyl (C=O) groups is 3. The molecule has 0 aliphatic heterocycles. The van der Waals surface area contributed by atoms with E-state index in [0.29, 0.717) is 25.3 Å². The summed E-state index contributed by atoms with van der Waals surface area (Å²) in [7, 11) is 0. The SMILES string of the molecule is CCCCOc1ccc(C(=O)NCC(=O)NCCNC(=O)C2CCCCC2)cc1. The highest BCUT2D eigenvalue weighted by Crippen LogP contribution is 2.23. The van der Waals surface area contributed by atoms with Gasteiger partial charge in [-0.05, 0) is 43.5 Å². The summed E-state index contributed by atoms with van der Waals surface area (Å²) >= 11 is 0. The molecule has 3 amide bonds. The van der Waals surface area contributed by atoms with Crippen molar-refractivity contribution >= 4 is 17.7 Å². The van der Waals surface area contributed by atoms with E-state index < -0.39 is 0 Å². The predicted octanol–water partition coefficient (Wildman–Crippen LogP) is 2.41. The molecule has 0 saturated heterocycles. The molecule has 0 heterocycles. The average Bonchev–Trinajstić information content (AvgIpc) is 2.76. The number of benzene rings is 1. The largest absolute Gasteiger partial charge is 0.494 e. The molecular weight excluding hydrogens is 370 g/mol. The molecule has 1 aromatic rings. The molecule has 1 fully saturated rings. The van der Waals surface area contributed by atoms with Crippen LogP contribution >= 0.6 is 0 Å². The Morgan fingerprint density at radius 1 is 0.966 bits per heavy atom. The summed E-state index contributed by atoms with van der Waals surface area (Å²) in [5.41, 5.74) is 0.473. The number of nitrogens with one attached hydrogen (secondary N) is 3. The van der Waals surface area contributed by atoms with Gasteiger partial charge in [-0.15, -0.1) is 0 Å². The van der Waals surface area contributed by atoms with Crippen molar-refractivity contribution in [3.05, 3.63) is 29.8 Å². The van der Waals surface area contributed by atoms with E-state index in [1.165, 1.54) is 6.42 Å². The molecule has 160 valence electrons. The number of hydrogen-bond donors (Lipinski definition) is 3. The van der Waals surface area contributed by atoms with Gasteiger partial charge < -0.3 is 20.7 Å². The van der Waals surface area contributed by atoms with Crippen LogP contribution in [0.3, 0.4) is 0 Å². The number of amides is 3. The second-order valence-electron chi connectivity index (χ2n) is 7.38. The summed E-state index contributed by atoms with van der Waals surface area (Å²) in [6, 6.07) is 6.85. The highest BCUT2D eigenvalue weighted by molar-refractivity contribution is 5.96. The number of rotatable bonds is 11. The standard InChI is InChI=1S/C22H33N3O4/c1-2-3-15-29-19-11-9-18(10-12-19)22(28)25-16-20(26)23-13-14-24-21(27)17-7-5-4-6-8-17/h9-12,17H,2-8,13-16H2,1H3,(H,23,26)(H,24,27)(H,25,28). The first-order valence-electron chi connectivity index (χ1n) is 10.7. The molecule has 0 radical (unpaired) electrons. The Labute approximate surface area is 173 Å². The van der Waals surface area contributed by atoms with Gasteiger partial charge in [0.05, 0.1) is 13.2 Å². The van der Waals surface area contributed by atoms with Crippen molar-refractivity contribution in [1.29, 1.82) is 0 Å². The van der Waals surface area contributed by atoms with E-state index in [-0.39, 0.29) is 30.2 Å². The summed E-state index contributed by atoms with van der Waals surface area (Å²) in [5.74, 6) is 0.315. The fourth-order valence-corrected chi connectivity index (χ4v) is 3.26. The minimum atomic E-state index is -0.314. The van der Waals surface area contributed by atoms with Gasteiger partial charge in [-0.25, -0.2) is 0 Å². The van der Waals surface area contributed by atoms with Gasteiger partial charge in [0, 0.05) is 24.6 Å². The van der Waals surface area contributed by atoms with Crippen LogP contribution in [-0.2, 0) is 9.59 Å². The lowest BCUT2D eigenvalue weighted by molar-refractivity contribution is -0.126. The van der Waals surface area contributed by atoms with Crippen LogP contribution in [0.1, 0.15) is 62.2 Å². The number of ether oxygens (including phenoxy) is 1. The van der Waals surface area contributed by atoms with Crippen LogP contribution in [0.25, 0.3) is 0 Å². The van der Waals surface area contributed by atoms with Gasteiger partial charge in [-0.2, -0.15) is 0 Å². The third-order valence-electron chi connectivity index (χ3n) is 5.01. The van der Waals surface area contributed by atoms with Crippen LogP contribution in [0.5, 0.6) is 5.75 Å². The van der Waals surface area contributed by atoms with Gasteiger partial charge in [0.25, 0.3) is 5.91 Å². The summed E-state index contributed by atoms with van der Waals surface area (Å²) in [6.45, 7) is 3.39. The Hall–Kier alpha value is -2.57. The molecule has 1 aromatic carbocycles. The maximum absolute atomic E-state index is 12.1. The Bertz CT molecular complexity index is 655. The Kier molecular flexibility index (Phi) is 10.0. The van der Waals surface area contributed by atoms with Crippen molar-refractivity contribution in [3.63, 3.8) is 0 Å². The minimum absolute atomic E-state index is 0.0781. The maximum Gasteiger partial charge on any atom is 0.251 e. The third-order valence-corrected chi connectivity index (χ3v) is 5.01. The first kappa shape index (κ1) is 22.7. The summed E-state index contributed by atoms with van der Waals surface area (Å²) in [6.07, 6.45) is 7.40. The molecule has 0 aromatic heterocycles. The normalized spacial score (nSPS) is 14.1. The number of hydrogen-bond acceptors (Lipinski definition) is 4. The molecule has 1 aliphatic rings. The number of unbranched alkanes of at least 4 members (excludes halogenated alkanes) is 1. The van der Waals surface area contributed by atoms with Gasteiger partial charge in [0.2, 0.25) is 11.8 Å². The molecule has 0 unspecified atom stereocenters. The van der Waals surface area contributed by atoms with Gasteiger partial charge >= 0.3 is 0 Å². The van der Waals surface area contributed by atoms with E-state index in [0.717, 1.165) is 44.3 Å². The van der Waals surface area contributed by atoms with Crippen LogP contribution in [-0.4, -0.2) is 44.0 Å². The van der Waals surface area contributed by atoms with E-state index in [1.54, 1.807) is 24.3 Å². The second-order valence-corrected chi connectivity index (χ2v) is 7.38. The lowest BCUT2D eigenvalue weighted by Gasteiger charge is -2.20. The fraction of sp³-hybridized carbons (Fsp3) is 0.591. The predicted molar refractivity (Wildman–Crippen MR) is 112 cm³/mol. The van der Waals surface area contributed by atoms with E-state index in [1.807, 2.05) is 0 Å². The Morgan fingerprint density at radius 3 is 2.34 bits per heavy atom. The summed E-state index contributed by atoms with van der Waals surface area (Å²) in [5, 5.41) is 8.16. The van der Waals surface area contributed by atoms with Gasteiger partial charge in [-0.1, -0.05) is 32.6 Å². The van der Waals surface area contributed by atoms with Crippen LogP contribution in [0.2, 0.25) is 0 Å². The molecule has 1 aliphatic carbocycles. The molecule has 7 heteroatoms. The first-order chi connectivity index (χ1) is 14.1. The smallest absolute Gasteiger partial charge is 0.251 e. The molecule has 0 atom stereocenters. The zero-order valence-electron chi connectivity index (χ0n) is 17.3. The second kappa shape index (κ2) is 12.8. The quantitative estimate of drug-likeness (QED) is 0.494. The summed E-state index contributed by atoms with van der Waals surface area (Å²) in [4.78, 5) is 36.0. The van der Waals surface area contributed by atoms with E-state index in [9.17, 15) is 14.4 Å². The lowest BCUT2D eigenvalue weighted by atomic mass is 9.89. The monoisotopic (exact) mass is 403 g/mol. The van der Waals surface area contributed by atoms with Crippen molar-refractivity contribution in [3.8, 4) is 5.75 Å². The van der Waals surface area contributed by atoms with E-state index in [2.05, 4.69) is 22.9 Å². The fourth-order valence-electron chi connectivity index (χ4n) is 3.26. The molecule has 29 heavy (non-hydrogen) atoms. The zero-order valence-corrected chi connectivity index (χ0v) is 17.3. The number of carbonyl (C=O) groups excluding carboxylic acids is 3. The molecule has 2 rings (SSSR count). The minimum Gasteiger partial charge on any atom is -0.494 e. The molecule has 1 saturated carbocycles. The topological polar surface area (TPSA) is 96.5 Å². The van der Waals surface area contributed by atoms with Gasteiger partial charge in [0.1, 0.15) is 5.75 Å². The van der Waals surface area contributed by atoms with Crippen molar-refractivity contribution in [2.24, 2.45) is 5.92 Å². The van der Waals surface area contributed by atoms with Crippen molar-refractivity contribution in [2.45, 2.75) is 51.9 Å². The highest BCUT2D eigenvalue weighted by Gasteiger charge is 2.20.